The molecule has 2 fully saturated rings. The Kier molecular flexibility index (Phi) is 5.22. The molecule has 2 N–H and O–H groups in total. The van der Waals surface area contributed by atoms with Crippen molar-refractivity contribution in [2.45, 2.75) is 57.2 Å². The van der Waals surface area contributed by atoms with Gasteiger partial charge in [-0.25, -0.2) is 4.68 Å². The summed E-state index contributed by atoms with van der Waals surface area (Å²) in [5.74, 6) is 0.833. The first-order valence-corrected chi connectivity index (χ1v) is 8.19. The van der Waals surface area contributed by atoms with Crippen LogP contribution >= 0.6 is 0 Å². The molecule has 2 aliphatic rings. The Hall–Kier alpha value is -0.980. The number of hydrogen-bond donors (Lipinski definition) is 2. The molecule has 0 aromatic carbocycles. The maximum atomic E-state index is 9.12. The van der Waals surface area contributed by atoms with Crippen LogP contribution in [0.3, 0.4) is 0 Å². The third-order valence-electron chi connectivity index (χ3n) is 4.49. The standard InChI is InChI=1S/C15H26N4O2/c20-10-13-9-19(18-17-13)15-4-2-1-3-14(15)16-7-8-21-11-12-5-6-12/h9,12,14-16,20H,1-8,10-11H2/t14-,15+/m0/s1. The Morgan fingerprint density at radius 2 is 2.14 bits per heavy atom. The number of aromatic nitrogens is 3. The zero-order chi connectivity index (χ0) is 14.5. The van der Waals surface area contributed by atoms with Gasteiger partial charge in [0.05, 0.1) is 25.5 Å². The van der Waals surface area contributed by atoms with E-state index in [-0.39, 0.29) is 6.61 Å². The predicted molar refractivity (Wildman–Crippen MR) is 78.8 cm³/mol. The number of hydrogen-bond acceptors (Lipinski definition) is 5. The van der Waals surface area contributed by atoms with E-state index in [9.17, 15) is 0 Å². The molecule has 0 saturated heterocycles. The van der Waals surface area contributed by atoms with Crippen molar-refractivity contribution in [2.24, 2.45) is 5.92 Å². The lowest BCUT2D eigenvalue weighted by Crippen LogP contribution is -2.41. The maximum Gasteiger partial charge on any atom is 0.108 e. The Morgan fingerprint density at radius 3 is 2.90 bits per heavy atom. The van der Waals surface area contributed by atoms with Crippen molar-refractivity contribution >= 4 is 0 Å². The second-order valence-corrected chi connectivity index (χ2v) is 6.28. The molecule has 0 bridgehead atoms. The molecule has 118 valence electrons. The number of rotatable bonds is 8. The van der Waals surface area contributed by atoms with Crippen LogP contribution in [0.5, 0.6) is 0 Å². The third-order valence-corrected chi connectivity index (χ3v) is 4.49. The van der Waals surface area contributed by atoms with Crippen molar-refractivity contribution in [2.75, 3.05) is 19.8 Å². The fourth-order valence-corrected chi connectivity index (χ4v) is 3.06. The van der Waals surface area contributed by atoms with E-state index in [1.165, 1.54) is 32.1 Å². The number of nitrogens with one attached hydrogen (secondary N) is 1. The highest BCUT2D eigenvalue weighted by Gasteiger charge is 2.27. The van der Waals surface area contributed by atoms with E-state index in [1.54, 1.807) is 0 Å². The van der Waals surface area contributed by atoms with Crippen molar-refractivity contribution < 1.29 is 9.84 Å². The van der Waals surface area contributed by atoms with Gasteiger partial charge in [-0.1, -0.05) is 18.1 Å². The minimum absolute atomic E-state index is 0.0418. The molecule has 0 aliphatic heterocycles. The molecule has 0 unspecified atom stereocenters. The lowest BCUT2D eigenvalue weighted by Gasteiger charge is -2.32. The third kappa shape index (κ3) is 4.25. The van der Waals surface area contributed by atoms with Crippen LogP contribution in [0.1, 0.15) is 50.3 Å². The molecular formula is C15H26N4O2. The first kappa shape index (κ1) is 14.9. The Bertz CT molecular complexity index is 433. The van der Waals surface area contributed by atoms with Gasteiger partial charge in [-0.15, -0.1) is 5.10 Å². The van der Waals surface area contributed by atoms with Gasteiger partial charge < -0.3 is 15.2 Å². The normalized spacial score (nSPS) is 26.1. The van der Waals surface area contributed by atoms with E-state index in [0.29, 0.717) is 17.8 Å². The van der Waals surface area contributed by atoms with Crippen LogP contribution in [0.15, 0.2) is 6.20 Å². The summed E-state index contributed by atoms with van der Waals surface area (Å²) >= 11 is 0. The van der Waals surface area contributed by atoms with E-state index in [4.69, 9.17) is 9.84 Å². The molecule has 21 heavy (non-hydrogen) atoms. The van der Waals surface area contributed by atoms with Crippen LogP contribution < -0.4 is 5.32 Å². The SMILES string of the molecule is OCc1cn([C@@H]2CCCC[C@@H]2NCCOCC2CC2)nn1. The summed E-state index contributed by atoms with van der Waals surface area (Å²) < 4.78 is 7.60. The average Bonchev–Trinajstić information content (AvgIpc) is 3.22. The van der Waals surface area contributed by atoms with E-state index < -0.39 is 0 Å². The molecule has 1 aromatic heterocycles. The summed E-state index contributed by atoms with van der Waals surface area (Å²) in [4.78, 5) is 0. The van der Waals surface area contributed by atoms with E-state index in [0.717, 1.165) is 32.1 Å². The maximum absolute atomic E-state index is 9.12. The summed E-state index contributed by atoms with van der Waals surface area (Å²) in [5.41, 5.74) is 0.645. The highest BCUT2D eigenvalue weighted by atomic mass is 16.5. The summed E-state index contributed by atoms with van der Waals surface area (Å²) in [6.07, 6.45) is 9.34. The first-order chi connectivity index (χ1) is 10.4. The van der Waals surface area contributed by atoms with Gasteiger partial charge in [0.1, 0.15) is 5.69 Å². The molecule has 1 aromatic rings. The summed E-state index contributed by atoms with van der Waals surface area (Å²) in [5, 5.41) is 20.9. The number of aliphatic hydroxyl groups is 1. The largest absolute Gasteiger partial charge is 0.390 e. The van der Waals surface area contributed by atoms with Crippen molar-refractivity contribution in [3.05, 3.63) is 11.9 Å². The van der Waals surface area contributed by atoms with Crippen LogP contribution in [0.2, 0.25) is 0 Å². The van der Waals surface area contributed by atoms with E-state index in [2.05, 4.69) is 15.6 Å². The Morgan fingerprint density at radius 1 is 1.29 bits per heavy atom. The van der Waals surface area contributed by atoms with Gasteiger partial charge in [-0.2, -0.15) is 0 Å². The molecule has 1 heterocycles. The molecule has 0 spiro atoms. The van der Waals surface area contributed by atoms with E-state index >= 15 is 0 Å². The number of ether oxygens (including phenoxy) is 1. The zero-order valence-electron chi connectivity index (χ0n) is 12.6. The van der Waals surface area contributed by atoms with Gasteiger partial charge in [-0.3, -0.25) is 0 Å². The Labute approximate surface area is 125 Å². The molecule has 0 radical (unpaired) electrons. The van der Waals surface area contributed by atoms with Gasteiger partial charge in [0.25, 0.3) is 0 Å². The molecule has 6 heteroatoms. The van der Waals surface area contributed by atoms with Crippen LogP contribution in [-0.2, 0) is 11.3 Å². The second-order valence-electron chi connectivity index (χ2n) is 6.28. The molecule has 6 nitrogen and oxygen atoms in total. The van der Waals surface area contributed by atoms with Crippen LogP contribution in [0.4, 0.5) is 0 Å². The van der Waals surface area contributed by atoms with Crippen molar-refractivity contribution in [3.8, 4) is 0 Å². The lowest BCUT2D eigenvalue weighted by atomic mass is 9.90. The minimum atomic E-state index is -0.0418. The molecular weight excluding hydrogens is 268 g/mol. The summed E-state index contributed by atoms with van der Waals surface area (Å²) in [6, 6.07) is 0.770. The van der Waals surface area contributed by atoms with Gasteiger partial charge in [0, 0.05) is 19.2 Å². The topological polar surface area (TPSA) is 72.2 Å². The lowest BCUT2D eigenvalue weighted by molar-refractivity contribution is 0.119. The quantitative estimate of drug-likeness (QED) is 0.707. The molecule has 2 atom stereocenters. The van der Waals surface area contributed by atoms with Crippen LogP contribution in [0.25, 0.3) is 0 Å². The van der Waals surface area contributed by atoms with Gasteiger partial charge in [-0.05, 0) is 31.6 Å². The molecule has 2 aliphatic carbocycles. The monoisotopic (exact) mass is 294 g/mol. The molecule has 2 saturated carbocycles. The van der Waals surface area contributed by atoms with Crippen molar-refractivity contribution in [1.29, 1.82) is 0 Å². The minimum Gasteiger partial charge on any atom is -0.390 e. The fraction of sp³-hybridized carbons (Fsp3) is 0.867. The van der Waals surface area contributed by atoms with Gasteiger partial charge in [0.2, 0.25) is 0 Å². The zero-order valence-corrected chi connectivity index (χ0v) is 12.6. The number of aliphatic hydroxyl groups excluding tert-OH is 1. The Balaban J connectivity index is 1.46. The summed E-state index contributed by atoms with van der Waals surface area (Å²) in [7, 11) is 0. The van der Waals surface area contributed by atoms with Crippen molar-refractivity contribution in [3.63, 3.8) is 0 Å². The second kappa shape index (κ2) is 7.33. The summed E-state index contributed by atoms with van der Waals surface area (Å²) in [6.45, 7) is 2.58. The highest BCUT2D eigenvalue weighted by Crippen LogP contribution is 2.29. The average molecular weight is 294 g/mol. The fourth-order valence-electron chi connectivity index (χ4n) is 3.06. The van der Waals surface area contributed by atoms with Crippen molar-refractivity contribution in [1.82, 2.24) is 20.3 Å². The van der Waals surface area contributed by atoms with Gasteiger partial charge >= 0.3 is 0 Å². The highest BCUT2D eigenvalue weighted by molar-refractivity contribution is 4.94. The van der Waals surface area contributed by atoms with E-state index in [1.807, 2.05) is 10.9 Å². The molecule has 3 rings (SSSR count). The molecule has 0 amide bonds. The van der Waals surface area contributed by atoms with Crippen LogP contribution in [0, 0.1) is 5.92 Å². The van der Waals surface area contributed by atoms with Crippen LogP contribution in [-0.4, -0.2) is 45.9 Å². The predicted octanol–water partition coefficient (Wildman–Crippen LogP) is 1.27. The number of nitrogens with zero attached hydrogens (tertiary/aromatic N) is 3. The smallest absolute Gasteiger partial charge is 0.108 e. The van der Waals surface area contributed by atoms with Gasteiger partial charge in [0.15, 0.2) is 0 Å². The first-order valence-electron chi connectivity index (χ1n) is 8.19.